The highest BCUT2D eigenvalue weighted by Gasteiger charge is 2.28. The van der Waals surface area contributed by atoms with Crippen LogP contribution >= 0.6 is 11.3 Å². The Balaban J connectivity index is 2.12. The number of para-hydroxylation sites is 1. The van der Waals surface area contributed by atoms with Crippen molar-refractivity contribution in [1.82, 2.24) is 5.16 Å². The van der Waals surface area contributed by atoms with Crippen molar-refractivity contribution in [3.05, 3.63) is 51.3 Å². The van der Waals surface area contributed by atoms with E-state index in [0.717, 1.165) is 21.7 Å². The van der Waals surface area contributed by atoms with Crippen LogP contribution in [0.15, 0.2) is 39.8 Å². The van der Waals surface area contributed by atoms with Gasteiger partial charge in [0.1, 0.15) is 4.90 Å². The topological polar surface area (TPSA) is 72.2 Å². The Hall–Kier alpha value is -2.12. The van der Waals surface area contributed by atoms with Crippen molar-refractivity contribution in [1.29, 1.82) is 0 Å². The molecule has 2 heterocycles. The van der Waals surface area contributed by atoms with Crippen LogP contribution in [0.25, 0.3) is 11.3 Å². The van der Waals surface area contributed by atoms with Gasteiger partial charge in [-0.1, -0.05) is 30.3 Å². The second-order valence-electron chi connectivity index (χ2n) is 5.87. The van der Waals surface area contributed by atoms with Crippen molar-refractivity contribution in [3.8, 4) is 11.3 Å². The maximum atomic E-state index is 13.1. The number of anilines is 1. The number of nitrogens with one attached hydrogen (secondary N) is 1. The Morgan fingerprint density at radius 1 is 1.16 bits per heavy atom. The fourth-order valence-corrected chi connectivity index (χ4v) is 5.85. The summed E-state index contributed by atoms with van der Waals surface area (Å²) >= 11 is 1.44. The van der Waals surface area contributed by atoms with Gasteiger partial charge in [0.15, 0.2) is 5.76 Å². The van der Waals surface area contributed by atoms with Crippen molar-refractivity contribution >= 4 is 27.0 Å². The van der Waals surface area contributed by atoms with Gasteiger partial charge in [-0.2, -0.15) is 0 Å². The van der Waals surface area contributed by atoms with Gasteiger partial charge >= 0.3 is 0 Å². The molecule has 0 radical (unpaired) electrons. The van der Waals surface area contributed by atoms with Crippen LogP contribution in [0.3, 0.4) is 0 Å². The van der Waals surface area contributed by atoms with Crippen LogP contribution in [-0.4, -0.2) is 13.6 Å². The molecular formula is C18H20N2O3S2. The zero-order valence-electron chi connectivity index (χ0n) is 14.6. The van der Waals surface area contributed by atoms with Gasteiger partial charge in [-0.15, -0.1) is 11.3 Å². The first-order valence-electron chi connectivity index (χ1n) is 7.98. The molecule has 0 unspecified atom stereocenters. The van der Waals surface area contributed by atoms with Crippen LogP contribution in [0.2, 0.25) is 0 Å². The first-order chi connectivity index (χ1) is 11.8. The second-order valence-corrected chi connectivity index (χ2v) is 8.92. The smallest absolute Gasteiger partial charge is 0.263 e. The van der Waals surface area contributed by atoms with E-state index in [1.165, 1.54) is 11.3 Å². The minimum atomic E-state index is -3.75. The highest BCUT2D eigenvalue weighted by Crippen LogP contribution is 2.40. The van der Waals surface area contributed by atoms with E-state index < -0.39 is 10.0 Å². The summed E-state index contributed by atoms with van der Waals surface area (Å²) in [4.78, 5) is 1.87. The van der Waals surface area contributed by atoms with E-state index in [9.17, 15) is 8.42 Å². The molecule has 0 amide bonds. The summed E-state index contributed by atoms with van der Waals surface area (Å²) in [7, 11) is -3.75. The molecule has 1 aromatic carbocycles. The Morgan fingerprint density at radius 2 is 1.88 bits per heavy atom. The third-order valence-electron chi connectivity index (χ3n) is 3.99. The Morgan fingerprint density at radius 3 is 2.52 bits per heavy atom. The van der Waals surface area contributed by atoms with Crippen LogP contribution in [0, 0.1) is 20.8 Å². The highest BCUT2D eigenvalue weighted by molar-refractivity contribution is 7.93. The van der Waals surface area contributed by atoms with E-state index in [1.807, 2.05) is 45.9 Å². The normalized spacial score (nSPS) is 11.7. The summed E-state index contributed by atoms with van der Waals surface area (Å²) in [5, 5.41) is 3.89. The summed E-state index contributed by atoms with van der Waals surface area (Å²) < 4.78 is 34.4. The van der Waals surface area contributed by atoms with Gasteiger partial charge in [-0.3, -0.25) is 4.72 Å². The lowest BCUT2D eigenvalue weighted by Gasteiger charge is -2.12. The molecule has 5 nitrogen and oxygen atoms in total. The largest absolute Gasteiger partial charge is 0.356 e. The summed E-state index contributed by atoms with van der Waals surface area (Å²) in [5.74, 6) is 0.475. The second kappa shape index (κ2) is 6.65. The summed E-state index contributed by atoms with van der Waals surface area (Å²) in [6.07, 6.45) is 0.745. The summed E-state index contributed by atoms with van der Waals surface area (Å²) in [6, 6.07) is 9.18. The fraction of sp³-hybridized carbons (Fsp3) is 0.278. The van der Waals surface area contributed by atoms with E-state index in [4.69, 9.17) is 4.52 Å². The van der Waals surface area contributed by atoms with E-state index in [2.05, 4.69) is 9.88 Å². The van der Waals surface area contributed by atoms with E-state index in [0.29, 0.717) is 22.7 Å². The maximum absolute atomic E-state index is 13.1. The monoisotopic (exact) mass is 376 g/mol. The third-order valence-corrected chi connectivity index (χ3v) is 6.68. The van der Waals surface area contributed by atoms with E-state index in [-0.39, 0.29) is 4.90 Å². The maximum Gasteiger partial charge on any atom is 0.263 e. The van der Waals surface area contributed by atoms with Crippen molar-refractivity contribution in [2.75, 3.05) is 4.72 Å². The van der Waals surface area contributed by atoms with Gasteiger partial charge in [0.25, 0.3) is 10.0 Å². The number of hydrogen-bond donors (Lipinski definition) is 1. The zero-order valence-corrected chi connectivity index (χ0v) is 16.2. The lowest BCUT2D eigenvalue weighted by Crippen LogP contribution is -2.15. The molecule has 3 rings (SSSR count). The molecule has 0 saturated carbocycles. The highest BCUT2D eigenvalue weighted by atomic mass is 32.2. The van der Waals surface area contributed by atoms with Crippen LogP contribution in [-0.2, 0) is 16.4 Å². The van der Waals surface area contributed by atoms with Crippen LogP contribution in [0.5, 0.6) is 0 Å². The molecule has 0 spiro atoms. The molecule has 25 heavy (non-hydrogen) atoms. The first kappa shape index (κ1) is 17.7. The molecule has 0 aliphatic rings. The van der Waals surface area contributed by atoms with Crippen LogP contribution < -0.4 is 4.72 Å². The molecule has 0 aliphatic heterocycles. The predicted molar refractivity (Wildman–Crippen MR) is 101 cm³/mol. The average Bonchev–Trinajstić information content (AvgIpc) is 3.10. The molecule has 0 fully saturated rings. The van der Waals surface area contributed by atoms with Crippen molar-refractivity contribution < 1.29 is 12.9 Å². The molecule has 0 bridgehead atoms. The Labute approximate surface area is 151 Å². The quantitative estimate of drug-likeness (QED) is 0.701. The minimum absolute atomic E-state index is 0.261. The fourth-order valence-electron chi connectivity index (χ4n) is 2.88. The number of hydrogen-bond acceptors (Lipinski definition) is 5. The van der Waals surface area contributed by atoms with Gasteiger partial charge in [0.05, 0.1) is 16.9 Å². The molecule has 1 N–H and O–H groups in total. The van der Waals surface area contributed by atoms with Gasteiger partial charge in [-0.05, 0) is 38.8 Å². The zero-order chi connectivity index (χ0) is 18.2. The predicted octanol–water partition coefficient (Wildman–Crippen LogP) is 4.69. The number of sulfonamides is 1. The lowest BCUT2D eigenvalue weighted by molar-refractivity contribution is 0.426. The molecule has 3 aromatic rings. The first-order valence-corrected chi connectivity index (χ1v) is 10.3. The molecule has 132 valence electrons. The standard InChI is InChI=1S/C18H20N2O3S2/c1-5-14-8-6-7-9-15(14)20-25(21,22)18-13(4)24-12(3)17(18)16-10-11(2)19-23-16/h6-10,20H,5H2,1-4H3. The average molecular weight is 377 g/mol. The van der Waals surface area contributed by atoms with Crippen LogP contribution in [0.4, 0.5) is 5.69 Å². The Bertz CT molecular complexity index is 1020. The molecule has 0 aliphatic carbocycles. The van der Waals surface area contributed by atoms with Crippen molar-refractivity contribution in [2.45, 2.75) is 39.0 Å². The van der Waals surface area contributed by atoms with Crippen molar-refractivity contribution in [2.24, 2.45) is 0 Å². The molecule has 0 saturated heterocycles. The number of rotatable bonds is 5. The molecular weight excluding hydrogens is 356 g/mol. The molecule has 2 aromatic heterocycles. The summed E-state index contributed by atoms with van der Waals surface area (Å²) in [5.41, 5.74) is 2.86. The van der Waals surface area contributed by atoms with Crippen LogP contribution in [0.1, 0.15) is 27.9 Å². The molecule has 7 heteroatoms. The number of thiophene rings is 1. The van der Waals surface area contributed by atoms with E-state index >= 15 is 0 Å². The SMILES string of the molecule is CCc1ccccc1NS(=O)(=O)c1c(C)sc(C)c1-c1cc(C)no1. The third kappa shape index (κ3) is 3.34. The lowest BCUT2D eigenvalue weighted by atomic mass is 10.1. The minimum Gasteiger partial charge on any atom is -0.356 e. The Kier molecular flexibility index (Phi) is 4.71. The van der Waals surface area contributed by atoms with E-state index in [1.54, 1.807) is 12.1 Å². The summed E-state index contributed by atoms with van der Waals surface area (Å²) in [6.45, 7) is 7.51. The number of aryl methyl sites for hydroxylation is 4. The van der Waals surface area contributed by atoms with Gasteiger partial charge < -0.3 is 4.52 Å². The van der Waals surface area contributed by atoms with Crippen molar-refractivity contribution in [3.63, 3.8) is 0 Å². The van der Waals surface area contributed by atoms with Gasteiger partial charge in [0.2, 0.25) is 0 Å². The molecule has 0 atom stereocenters. The van der Waals surface area contributed by atoms with Gasteiger partial charge in [0, 0.05) is 15.8 Å². The van der Waals surface area contributed by atoms with Gasteiger partial charge in [-0.25, -0.2) is 8.42 Å². The number of aromatic nitrogens is 1. The number of benzene rings is 1. The number of nitrogens with zero attached hydrogens (tertiary/aromatic N) is 1.